The van der Waals surface area contributed by atoms with Crippen LogP contribution in [-0.2, 0) is 0 Å². The predicted octanol–water partition coefficient (Wildman–Crippen LogP) is 3.33. The number of nitrogens with zero attached hydrogens (tertiary/aromatic N) is 2. The van der Waals surface area contributed by atoms with E-state index in [0.29, 0.717) is 15.9 Å². The molecule has 0 fully saturated rings. The van der Waals surface area contributed by atoms with Crippen LogP contribution in [0.1, 0.15) is 10.4 Å². The maximum atomic E-state index is 12.4. The number of aromatic nitrogens is 2. The second-order valence-electron chi connectivity index (χ2n) is 6.36. The summed E-state index contributed by atoms with van der Waals surface area (Å²) in [6, 6.07) is 19.1. The largest absolute Gasteiger partial charge is 0.619 e. The number of ether oxygens (including phenoxy) is 1. The number of hydrogen-bond donors (Lipinski definition) is 2. The topological polar surface area (TPSA) is 98.4 Å². The number of rotatable bonds is 4. The number of hydroxylamine groups is 1. The maximum Gasteiger partial charge on any atom is 0.279 e. The summed E-state index contributed by atoms with van der Waals surface area (Å²) >= 11 is 0. The lowest BCUT2D eigenvalue weighted by Gasteiger charge is -2.15. The molecule has 2 aromatic heterocycles. The van der Waals surface area contributed by atoms with Crippen molar-refractivity contribution in [1.82, 2.24) is 10.5 Å². The summed E-state index contributed by atoms with van der Waals surface area (Å²) in [6.45, 7) is 0. The Morgan fingerprint density at radius 3 is 2.34 bits per heavy atom. The zero-order chi connectivity index (χ0) is 20.4. The van der Waals surface area contributed by atoms with Gasteiger partial charge < -0.3 is 9.94 Å². The van der Waals surface area contributed by atoms with Gasteiger partial charge >= 0.3 is 0 Å². The first-order valence-corrected chi connectivity index (χ1v) is 8.83. The molecule has 0 spiro atoms. The van der Waals surface area contributed by atoms with E-state index in [1.165, 1.54) is 25.6 Å². The molecule has 0 radical (unpaired) electrons. The second-order valence-corrected chi connectivity index (χ2v) is 6.36. The Morgan fingerprint density at radius 2 is 1.69 bits per heavy atom. The number of carbonyl (C=O) groups excluding carboxylic acids is 1. The van der Waals surface area contributed by atoms with E-state index in [0.717, 1.165) is 16.7 Å². The highest BCUT2D eigenvalue weighted by Gasteiger charge is 2.24. The average molecular weight is 387 g/mol. The van der Waals surface area contributed by atoms with Crippen LogP contribution in [0.2, 0.25) is 0 Å². The third-order valence-corrected chi connectivity index (χ3v) is 4.65. The van der Waals surface area contributed by atoms with E-state index in [1.54, 1.807) is 5.48 Å². The predicted molar refractivity (Wildman–Crippen MR) is 107 cm³/mol. The molecule has 0 aliphatic carbocycles. The molecular weight excluding hydrogens is 370 g/mol. The van der Waals surface area contributed by atoms with Gasteiger partial charge in [-0.2, -0.15) is 4.73 Å². The average Bonchev–Trinajstić information content (AvgIpc) is 2.78. The Labute approximate surface area is 166 Å². The van der Waals surface area contributed by atoms with Crippen LogP contribution < -0.4 is 14.9 Å². The van der Waals surface area contributed by atoms with Crippen LogP contribution in [0.15, 0.2) is 73.1 Å². The fourth-order valence-corrected chi connectivity index (χ4v) is 3.30. The van der Waals surface area contributed by atoms with Crippen LogP contribution >= 0.6 is 0 Å². The summed E-state index contributed by atoms with van der Waals surface area (Å²) in [4.78, 5) is 17.0. The molecule has 4 aromatic rings. The first kappa shape index (κ1) is 18.4. The number of amides is 1. The van der Waals surface area contributed by atoms with Gasteiger partial charge in [0.2, 0.25) is 0 Å². The molecule has 0 unspecified atom stereocenters. The highest BCUT2D eigenvalue weighted by atomic mass is 16.5. The van der Waals surface area contributed by atoms with Gasteiger partial charge in [0.15, 0.2) is 18.1 Å². The number of nitrogens with one attached hydrogen (secondary N) is 1. The van der Waals surface area contributed by atoms with Gasteiger partial charge in [-0.05, 0) is 11.1 Å². The summed E-state index contributed by atoms with van der Waals surface area (Å²) in [7, 11) is 1.41. The molecule has 2 N–H and O–H groups in total. The quantitative estimate of drug-likeness (QED) is 0.242. The van der Waals surface area contributed by atoms with E-state index in [2.05, 4.69) is 4.98 Å². The van der Waals surface area contributed by atoms with Gasteiger partial charge in [-0.3, -0.25) is 10.0 Å². The van der Waals surface area contributed by atoms with E-state index in [-0.39, 0.29) is 16.7 Å². The molecule has 0 saturated heterocycles. The van der Waals surface area contributed by atoms with E-state index in [1.807, 2.05) is 54.6 Å². The highest BCUT2D eigenvalue weighted by Crippen LogP contribution is 2.36. The minimum absolute atomic E-state index is 0.0346. The molecule has 4 rings (SSSR count). The van der Waals surface area contributed by atoms with Crippen molar-refractivity contribution in [2.45, 2.75) is 0 Å². The normalized spacial score (nSPS) is 10.7. The lowest BCUT2D eigenvalue weighted by Crippen LogP contribution is -2.26. The lowest BCUT2D eigenvalue weighted by atomic mass is 10.00. The van der Waals surface area contributed by atoms with Gasteiger partial charge in [0.1, 0.15) is 11.3 Å². The second kappa shape index (κ2) is 7.57. The molecule has 0 aliphatic heterocycles. The molecule has 0 aliphatic rings. The van der Waals surface area contributed by atoms with Crippen molar-refractivity contribution in [1.29, 1.82) is 0 Å². The Morgan fingerprint density at radius 1 is 1.03 bits per heavy atom. The van der Waals surface area contributed by atoms with E-state index in [9.17, 15) is 15.2 Å². The monoisotopic (exact) mass is 387 g/mol. The van der Waals surface area contributed by atoms with Crippen LogP contribution in [0.3, 0.4) is 0 Å². The van der Waals surface area contributed by atoms with Gasteiger partial charge in [-0.1, -0.05) is 54.6 Å². The number of pyridine rings is 2. The number of benzene rings is 2. The Bertz CT molecular complexity index is 1190. The summed E-state index contributed by atoms with van der Waals surface area (Å²) < 4.78 is 6.03. The third kappa shape index (κ3) is 3.35. The molecule has 2 aromatic carbocycles. The van der Waals surface area contributed by atoms with E-state index in [4.69, 9.17) is 4.74 Å². The molecule has 0 atom stereocenters. The van der Waals surface area contributed by atoms with E-state index < -0.39 is 5.91 Å². The number of fused-ring (bicyclic) bond motifs is 1. The number of carbonyl (C=O) groups is 1. The number of methoxy groups -OCH3 is 1. The summed E-state index contributed by atoms with van der Waals surface area (Å²) in [6.07, 6.45) is 2.52. The standard InChI is InChI=1S/C22H17N3O4/c1-29-21-19(22(26)24-27)17-13-25(28)12-11-18(17)23-20(21)16-9-7-15(8-10-16)14-5-3-2-4-6-14/h2-13,27H,1H3,(H,24,26). The SMILES string of the molecule is COc1c(-c2ccc(-c3ccccc3)cc2)nc2cc[n+]([O-])cc2c1C(=O)NO. The van der Waals surface area contributed by atoms with Crippen molar-refractivity contribution >= 4 is 16.8 Å². The maximum absolute atomic E-state index is 12.4. The summed E-state index contributed by atoms with van der Waals surface area (Å²) in [5.74, 6) is -0.620. The van der Waals surface area contributed by atoms with Crippen molar-refractivity contribution in [3.05, 3.63) is 83.8 Å². The zero-order valence-electron chi connectivity index (χ0n) is 15.5. The summed E-state index contributed by atoms with van der Waals surface area (Å²) in [5, 5.41) is 21.2. The van der Waals surface area contributed by atoms with Gasteiger partial charge in [0.05, 0.1) is 18.0 Å². The van der Waals surface area contributed by atoms with Crippen molar-refractivity contribution in [2.75, 3.05) is 7.11 Å². The van der Waals surface area contributed by atoms with Crippen molar-refractivity contribution in [3.8, 4) is 28.1 Å². The third-order valence-electron chi connectivity index (χ3n) is 4.65. The minimum Gasteiger partial charge on any atom is -0.619 e. The molecule has 144 valence electrons. The molecular formula is C22H17N3O4. The summed E-state index contributed by atoms with van der Waals surface area (Å²) in [5.41, 5.74) is 5.36. The first-order chi connectivity index (χ1) is 14.1. The Kier molecular flexibility index (Phi) is 4.80. The van der Waals surface area contributed by atoms with Crippen LogP contribution in [0, 0.1) is 5.21 Å². The van der Waals surface area contributed by atoms with Gasteiger partial charge in [-0.15, -0.1) is 0 Å². The fourth-order valence-electron chi connectivity index (χ4n) is 3.30. The van der Waals surface area contributed by atoms with Crippen molar-refractivity contribution < 1.29 is 19.5 Å². The molecule has 7 nitrogen and oxygen atoms in total. The molecule has 1 amide bonds. The number of hydrogen-bond acceptors (Lipinski definition) is 5. The van der Waals surface area contributed by atoms with Crippen LogP contribution in [0.25, 0.3) is 33.3 Å². The lowest BCUT2D eigenvalue weighted by molar-refractivity contribution is -0.603. The van der Waals surface area contributed by atoms with Gasteiger partial charge in [0.25, 0.3) is 5.91 Å². The Balaban J connectivity index is 1.91. The minimum atomic E-state index is -0.789. The van der Waals surface area contributed by atoms with Crippen molar-refractivity contribution in [2.24, 2.45) is 0 Å². The van der Waals surface area contributed by atoms with Gasteiger partial charge in [0, 0.05) is 11.6 Å². The van der Waals surface area contributed by atoms with Crippen LogP contribution in [0.4, 0.5) is 0 Å². The van der Waals surface area contributed by atoms with Crippen LogP contribution in [0.5, 0.6) is 5.75 Å². The first-order valence-electron chi connectivity index (χ1n) is 8.83. The van der Waals surface area contributed by atoms with Gasteiger partial charge in [-0.25, -0.2) is 10.5 Å². The zero-order valence-corrected chi connectivity index (χ0v) is 15.5. The highest BCUT2D eigenvalue weighted by molar-refractivity contribution is 6.09. The smallest absolute Gasteiger partial charge is 0.279 e. The molecule has 0 saturated carbocycles. The van der Waals surface area contributed by atoms with Crippen LogP contribution in [-0.4, -0.2) is 23.2 Å². The molecule has 0 bridgehead atoms. The molecule has 7 heteroatoms. The van der Waals surface area contributed by atoms with Crippen molar-refractivity contribution in [3.63, 3.8) is 0 Å². The van der Waals surface area contributed by atoms with E-state index >= 15 is 0 Å². The molecule has 29 heavy (non-hydrogen) atoms. The Hall–Kier alpha value is -3.97. The molecule has 2 heterocycles. The fraction of sp³-hybridized carbons (Fsp3) is 0.0455.